The second-order valence-corrected chi connectivity index (χ2v) is 4.62. The van der Waals surface area contributed by atoms with E-state index in [1.165, 1.54) is 12.1 Å². The van der Waals surface area contributed by atoms with Gasteiger partial charge in [-0.2, -0.15) is 0 Å². The molecule has 0 amide bonds. The molecular weight excluding hydrogens is 270 g/mol. The van der Waals surface area contributed by atoms with Gasteiger partial charge in [0.15, 0.2) is 0 Å². The van der Waals surface area contributed by atoms with Gasteiger partial charge in [0, 0.05) is 44.5 Å². The van der Waals surface area contributed by atoms with Crippen LogP contribution in [0.4, 0.5) is 11.6 Å². The normalized spacial score (nSPS) is 17.2. The van der Waals surface area contributed by atoms with E-state index < -0.39 is 5.97 Å². The number of carbonyl (C=O) groups is 1. The number of hydrogen-bond acceptors (Lipinski definition) is 7. The molecule has 3 heterocycles. The quantitative estimate of drug-likeness (QED) is 0.766. The summed E-state index contributed by atoms with van der Waals surface area (Å²) in [6, 6.07) is 2.89. The summed E-state index contributed by atoms with van der Waals surface area (Å²) < 4.78 is 0. The second kappa shape index (κ2) is 5.01. The Morgan fingerprint density at radius 1 is 1.00 bits per heavy atom. The van der Waals surface area contributed by atoms with Crippen LogP contribution in [0.1, 0.15) is 10.4 Å². The van der Waals surface area contributed by atoms with E-state index >= 15 is 0 Å². The molecule has 7 nitrogen and oxygen atoms in total. The van der Waals surface area contributed by atoms with Gasteiger partial charge in [0.05, 0.1) is 5.97 Å². The fraction of sp³-hybridized carbons (Fsp3) is 0.143. The average Bonchev–Trinajstić information content (AvgIpc) is 3.07. The molecule has 2 aliphatic heterocycles. The molecule has 3 rings (SSSR count). The maximum Gasteiger partial charge on any atom is 0.213 e. The van der Waals surface area contributed by atoms with E-state index in [1.807, 2.05) is 14.1 Å². The summed E-state index contributed by atoms with van der Waals surface area (Å²) in [6.07, 6.45) is 7.05. The standard InChI is InChI=1S/C14H13N5O2/c1-16-3-5-18(9-16)12-7-11(14(20)21)8-13(15-12)19-6-4-17(2)10-19/h3-8H,1-2H3,(H,20,21)/p-1. The third-order valence-corrected chi connectivity index (χ3v) is 2.94. The molecule has 1 aromatic rings. The second-order valence-electron chi connectivity index (χ2n) is 4.62. The van der Waals surface area contributed by atoms with E-state index in [2.05, 4.69) is 18.3 Å². The summed E-state index contributed by atoms with van der Waals surface area (Å²) in [6.45, 7) is 5.95. The molecular formula is C14H12N5O2-. The number of pyridine rings is 1. The fourth-order valence-electron chi connectivity index (χ4n) is 1.93. The molecule has 4 radical (unpaired) electrons. The zero-order chi connectivity index (χ0) is 15.0. The van der Waals surface area contributed by atoms with Crippen LogP contribution >= 0.6 is 0 Å². The largest absolute Gasteiger partial charge is 0.545 e. The van der Waals surface area contributed by atoms with Crippen LogP contribution in [0.3, 0.4) is 0 Å². The SMILES string of the molecule is CN1[C]N(c2cc(C(=O)[O-])cc(N3[C]N(C)C=C3)n2)C=C1. The molecule has 0 atom stereocenters. The fourth-order valence-corrected chi connectivity index (χ4v) is 1.93. The summed E-state index contributed by atoms with van der Waals surface area (Å²) >= 11 is 0. The molecule has 0 bridgehead atoms. The lowest BCUT2D eigenvalue weighted by molar-refractivity contribution is -0.255. The summed E-state index contributed by atoms with van der Waals surface area (Å²) in [5, 5.41) is 11.2. The molecule has 21 heavy (non-hydrogen) atoms. The highest BCUT2D eigenvalue weighted by molar-refractivity contribution is 5.88. The Hall–Kier alpha value is -2.70. The van der Waals surface area contributed by atoms with Crippen LogP contribution < -0.4 is 14.9 Å². The minimum Gasteiger partial charge on any atom is -0.545 e. The maximum absolute atomic E-state index is 11.2. The smallest absolute Gasteiger partial charge is 0.213 e. The Kier molecular flexibility index (Phi) is 3.17. The third kappa shape index (κ3) is 2.62. The first kappa shape index (κ1) is 13.3. The molecule has 0 fully saturated rings. The Labute approximate surface area is 123 Å². The van der Waals surface area contributed by atoms with Crippen LogP contribution in [0.15, 0.2) is 36.9 Å². The lowest BCUT2D eigenvalue weighted by Crippen LogP contribution is -2.25. The van der Waals surface area contributed by atoms with E-state index in [0.717, 1.165) is 0 Å². The minimum atomic E-state index is -1.26. The number of nitrogens with zero attached hydrogens (tertiary/aromatic N) is 5. The lowest BCUT2D eigenvalue weighted by atomic mass is 10.2. The average molecular weight is 282 g/mol. The summed E-state index contributed by atoms with van der Waals surface area (Å²) in [5.41, 5.74) is 0.0458. The van der Waals surface area contributed by atoms with E-state index in [-0.39, 0.29) is 5.56 Å². The van der Waals surface area contributed by atoms with Crippen LogP contribution in [-0.4, -0.2) is 34.8 Å². The molecule has 0 unspecified atom stereocenters. The molecule has 0 saturated carbocycles. The van der Waals surface area contributed by atoms with Crippen LogP contribution in [-0.2, 0) is 0 Å². The van der Waals surface area contributed by atoms with Gasteiger partial charge in [-0.3, -0.25) is 9.80 Å². The van der Waals surface area contributed by atoms with Crippen molar-refractivity contribution in [3.63, 3.8) is 0 Å². The molecule has 1 aromatic heterocycles. The monoisotopic (exact) mass is 282 g/mol. The van der Waals surface area contributed by atoms with Crippen molar-refractivity contribution >= 4 is 17.6 Å². The number of carboxylic acid groups (broad SMARTS) is 1. The van der Waals surface area contributed by atoms with Gasteiger partial charge >= 0.3 is 0 Å². The first-order valence-electron chi connectivity index (χ1n) is 6.20. The highest BCUT2D eigenvalue weighted by Crippen LogP contribution is 2.26. The van der Waals surface area contributed by atoms with E-state index in [1.54, 1.807) is 44.4 Å². The van der Waals surface area contributed by atoms with Crippen LogP contribution in [0.5, 0.6) is 0 Å². The Morgan fingerprint density at radius 2 is 1.48 bits per heavy atom. The van der Waals surface area contributed by atoms with E-state index in [0.29, 0.717) is 11.6 Å². The van der Waals surface area contributed by atoms with Gasteiger partial charge in [-0.1, -0.05) is 0 Å². The molecule has 0 aliphatic carbocycles. The van der Waals surface area contributed by atoms with Crippen molar-refractivity contribution in [1.29, 1.82) is 0 Å². The van der Waals surface area contributed by atoms with E-state index in [9.17, 15) is 9.90 Å². The molecule has 0 spiro atoms. The first-order valence-corrected chi connectivity index (χ1v) is 6.20. The highest BCUT2D eigenvalue weighted by Gasteiger charge is 2.20. The van der Waals surface area contributed by atoms with E-state index in [4.69, 9.17) is 0 Å². The number of hydrogen-bond donors (Lipinski definition) is 0. The lowest BCUT2D eigenvalue weighted by Gasteiger charge is -2.20. The van der Waals surface area contributed by atoms with Gasteiger partial charge in [0.2, 0.25) is 13.3 Å². The maximum atomic E-state index is 11.2. The predicted octanol–water partition coefficient (Wildman–Crippen LogP) is -0.116. The number of aromatic nitrogens is 1. The minimum absolute atomic E-state index is 0.0458. The summed E-state index contributed by atoms with van der Waals surface area (Å²) in [7, 11) is 3.64. The molecule has 2 aliphatic rings. The van der Waals surface area contributed by atoms with Crippen LogP contribution in [0.2, 0.25) is 0 Å². The van der Waals surface area contributed by atoms with Gasteiger partial charge in [-0.25, -0.2) is 4.98 Å². The van der Waals surface area contributed by atoms with Crippen LogP contribution in [0, 0.1) is 13.3 Å². The zero-order valence-electron chi connectivity index (χ0n) is 11.5. The van der Waals surface area contributed by atoms with Gasteiger partial charge in [0.1, 0.15) is 11.6 Å². The zero-order valence-corrected chi connectivity index (χ0v) is 11.5. The number of anilines is 2. The topological polar surface area (TPSA) is 66.0 Å². The third-order valence-electron chi connectivity index (χ3n) is 2.94. The Bertz CT molecular complexity index is 584. The van der Waals surface area contributed by atoms with Crippen molar-refractivity contribution in [2.24, 2.45) is 0 Å². The Balaban J connectivity index is 1.96. The van der Waals surface area contributed by atoms with Gasteiger partial charge in [0.25, 0.3) is 0 Å². The number of carboxylic acids is 1. The molecule has 7 heteroatoms. The van der Waals surface area contributed by atoms with Crippen molar-refractivity contribution in [2.75, 3.05) is 23.9 Å². The number of carbonyl (C=O) groups excluding carboxylic acids is 1. The summed E-state index contributed by atoms with van der Waals surface area (Å²) in [5.74, 6) is -0.373. The van der Waals surface area contributed by atoms with Gasteiger partial charge in [-0.15, -0.1) is 0 Å². The predicted molar refractivity (Wildman–Crippen MR) is 73.8 cm³/mol. The summed E-state index contributed by atoms with van der Waals surface area (Å²) in [4.78, 5) is 22.3. The Morgan fingerprint density at radius 3 is 1.81 bits per heavy atom. The highest BCUT2D eigenvalue weighted by atomic mass is 16.4. The number of aromatic carboxylic acids is 1. The van der Waals surface area contributed by atoms with Crippen LogP contribution in [0.25, 0.3) is 0 Å². The van der Waals surface area contributed by atoms with Crippen molar-refractivity contribution in [3.05, 3.63) is 55.8 Å². The van der Waals surface area contributed by atoms with Gasteiger partial charge in [-0.05, 0) is 12.1 Å². The van der Waals surface area contributed by atoms with Gasteiger partial charge < -0.3 is 19.7 Å². The number of rotatable bonds is 3. The molecule has 0 saturated heterocycles. The molecule has 106 valence electrons. The van der Waals surface area contributed by atoms with Crippen molar-refractivity contribution in [2.45, 2.75) is 0 Å². The van der Waals surface area contributed by atoms with Crippen molar-refractivity contribution in [3.8, 4) is 0 Å². The molecule has 0 aromatic carbocycles. The molecule has 0 N–H and O–H groups in total. The first-order chi connectivity index (χ1) is 10.0. The van der Waals surface area contributed by atoms with Crippen molar-refractivity contribution in [1.82, 2.24) is 14.8 Å². The van der Waals surface area contributed by atoms with Crippen molar-refractivity contribution < 1.29 is 9.90 Å².